The van der Waals surface area contributed by atoms with Gasteiger partial charge < -0.3 is 14.4 Å². The van der Waals surface area contributed by atoms with Gasteiger partial charge in [-0.3, -0.25) is 14.4 Å². The van der Waals surface area contributed by atoms with Crippen LogP contribution in [0.5, 0.6) is 0 Å². The van der Waals surface area contributed by atoms with Crippen molar-refractivity contribution in [2.24, 2.45) is 5.92 Å². The zero-order valence-electron chi connectivity index (χ0n) is 16.8. The first kappa shape index (κ1) is 22.1. The van der Waals surface area contributed by atoms with Gasteiger partial charge in [0.1, 0.15) is 0 Å². The summed E-state index contributed by atoms with van der Waals surface area (Å²) in [6, 6.07) is 0. The largest absolute Gasteiger partial charge is 0.469 e. The highest BCUT2D eigenvalue weighted by Crippen LogP contribution is 2.19. The molecule has 1 aromatic rings. The molecule has 28 heavy (non-hydrogen) atoms. The van der Waals surface area contributed by atoms with E-state index in [9.17, 15) is 14.4 Å². The molecule has 2 rings (SSSR count). The Morgan fingerprint density at radius 3 is 2.29 bits per heavy atom. The summed E-state index contributed by atoms with van der Waals surface area (Å²) in [6.07, 6.45) is 3.69. The number of hydrogen-bond acceptors (Lipinski definition) is 8. The fourth-order valence-corrected chi connectivity index (χ4v) is 3.68. The van der Waals surface area contributed by atoms with E-state index < -0.39 is 5.97 Å². The van der Waals surface area contributed by atoms with E-state index in [4.69, 9.17) is 9.47 Å². The van der Waals surface area contributed by atoms with Gasteiger partial charge in [-0.2, -0.15) is 0 Å². The van der Waals surface area contributed by atoms with E-state index in [0.29, 0.717) is 37.5 Å². The summed E-state index contributed by atoms with van der Waals surface area (Å²) in [5.41, 5.74) is 2.65. The first-order chi connectivity index (χ1) is 13.3. The van der Waals surface area contributed by atoms with Gasteiger partial charge in [-0.15, -0.1) is 0 Å². The van der Waals surface area contributed by atoms with Crippen LogP contribution in [-0.2, 0) is 30.3 Å². The van der Waals surface area contributed by atoms with Gasteiger partial charge in [0.2, 0.25) is 0 Å². The number of methoxy groups -OCH3 is 1. The molecule has 0 spiro atoms. The number of rotatable bonds is 7. The second-order valence-corrected chi connectivity index (χ2v) is 7.47. The number of amides is 1. The van der Waals surface area contributed by atoms with E-state index in [1.165, 1.54) is 18.9 Å². The molecule has 0 aliphatic carbocycles. The van der Waals surface area contributed by atoms with Crippen molar-refractivity contribution in [3.63, 3.8) is 0 Å². The molecule has 0 bridgehead atoms. The van der Waals surface area contributed by atoms with Crippen LogP contribution in [0.3, 0.4) is 0 Å². The molecule has 1 saturated heterocycles. The number of carbonyl (C=O) groups is 3. The van der Waals surface area contributed by atoms with Gasteiger partial charge in [-0.25, -0.2) is 9.97 Å². The number of nitrogens with zero attached hydrogens (tertiary/aromatic N) is 3. The van der Waals surface area contributed by atoms with Crippen molar-refractivity contribution >= 4 is 29.6 Å². The number of thioether (sulfide) groups is 1. The Morgan fingerprint density at radius 2 is 1.75 bits per heavy atom. The fraction of sp³-hybridized carbons (Fsp3) is 0.632. The van der Waals surface area contributed by atoms with Crippen LogP contribution >= 0.6 is 11.8 Å². The smallest absolute Gasteiger partial charge is 0.308 e. The van der Waals surface area contributed by atoms with Gasteiger partial charge in [-0.05, 0) is 44.9 Å². The van der Waals surface area contributed by atoms with E-state index in [2.05, 4.69) is 9.97 Å². The van der Waals surface area contributed by atoms with E-state index >= 15 is 0 Å². The van der Waals surface area contributed by atoms with Crippen LogP contribution in [-0.4, -0.2) is 65.8 Å². The minimum Gasteiger partial charge on any atom is -0.469 e. The Hall–Kier alpha value is -2.16. The number of ether oxygens (including phenoxy) is 2. The molecule has 0 atom stereocenters. The number of aryl methyl sites for hydroxylation is 2. The van der Waals surface area contributed by atoms with Gasteiger partial charge in [0.15, 0.2) is 11.8 Å². The first-order valence-electron chi connectivity index (χ1n) is 9.25. The highest BCUT2D eigenvalue weighted by atomic mass is 32.2. The van der Waals surface area contributed by atoms with Crippen LogP contribution in [0.15, 0.2) is 5.16 Å². The predicted molar refractivity (Wildman–Crippen MR) is 104 cm³/mol. The normalized spacial score (nSPS) is 14.6. The lowest BCUT2D eigenvalue weighted by Gasteiger charge is -2.30. The zero-order chi connectivity index (χ0) is 20.7. The van der Waals surface area contributed by atoms with Crippen LogP contribution in [0.1, 0.15) is 36.2 Å². The second kappa shape index (κ2) is 10.4. The Balaban J connectivity index is 1.76. The van der Waals surface area contributed by atoms with Crippen LogP contribution in [0.2, 0.25) is 0 Å². The highest BCUT2D eigenvalue weighted by molar-refractivity contribution is 7.98. The third kappa shape index (κ3) is 5.92. The molecule has 0 saturated carbocycles. The van der Waals surface area contributed by atoms with Crippen LogP contribution < -0.4 is 0 Å². The molecule has 9 heteroatoms. The maximum atomic E-state index is 12.2. The third-order valence-corrected chi connectivity index (χ3v) is 5.45. The average Bonchev–Trinajstić information content (AvgIpc) is 2.70. The quantitative estimate of drug-likeness (QED) is 0.381. The molecule has 2 heterocycles. The summed E-state index contributed by atoms with van der Waals surface area (Å²) in [5.74, 6) is -1.07. The Bertz CT molecular complexity index is 709. The monoisotopic (exact) mass is 409 g/mol. The number of esters is 2. The summed E-state index contributed by atoms with van der Waals surface area (Å²) in [7, 11) is 1.37. The van der Waals surface area contributed by atoms with Crippen molar-refractivity contribution in [3.8, 4) is 0 Å². The van der Waals surface area contributed by atoms with Crippen molar-refractivity contribution in [1.29, 1.82) is 0 Å². The van der Waals surface area contributed by atoms with Crippen molar-refractivity contribution in [3.05, 3.63) is 17.0 Å². The van der Waals surface area contributed by atoms with Crippen molar-refractivity contribution in [2.45, 2.75) is 44.7 Å². The topological polar surface area (TPSA) is 98.7 Å². The summed E-state index contributed by atoms with van der Waals surface area (Å²) in [5, 5.41) is 0.711. The number of likely N-dealkylation sites (tertiary alicyclic amines) is 1. The van der Waals surface area contributed by atoms with Gasteiger partial charge in [-0.1, -0.05) is 11.8 Å². The Morgan fingerprint density at radius 1 is 1.14 bits per heavy atom. The third-order valence-electron chi connectivity index (χ3n) is 4.90. The molecule has 0 unspecified atom stereocenters. The minimum atomic E-state index is -0.425. The van der Waals surface area contributed by atoms with Gasteiger partial charge in [0.05, 0.1) is 13.0 Å². The molecule has 0 N–H and O–H groups in total. The summed E-state index contributed by atoms with van der Waals surface area (Å²) >= 11 is 1.48. The number of hydrogen-bond donors (Lipinski definition) is 0. The number of carbonyl (C=O) groups excluding carboxylic acids is 3. The standard InChI is InChI=1S/C19H27N3O5S/c1-12-15(13(2)21-19(20-12)28-4)5-6-17(24)27-11-16(23)22-9-7-14(8-10-22)18(25)26-3/h14H,5-11H2,1-4H3. The van der Waals surface area contributed by atoms with Gasteiger partial charge in [0.25, 0.3) is 5.91 Å². The first-order valence-corrected chi connectivity index (χ1v) is 10.5. The molecular weight excluding hydrogens is 382 g/mol. The number of aromatic nitrogens is 2. The fourth-order valence-electron chi connectivity index (χ4n) is 3.23. The van der Waals surface area contributed by atoms with Gasteiger partial charge >= 0.3 is 11.9 Å². The zero-order valence-corrected chi connectivity index (χ0v) is 17.6. The van der Waals surface area contributed by atoms with Crippen molar-refractivity contribution in [2.75, 3.05) is 33.1 Å². The molecule has 8 nitrogen and oxygen atoms in total. The lowest BCUT2D eigenvalue weighted by molar-refractivity contribution is -0.154. The maximum absolute atomic E-state index is 12.2. The molecule has 1 amide bonds. The Labute approximate surface area is 169 Å². The molecular formula is C19H27N3O5S. The summed E-state index contributed by atoms with van der Waals surface area (Å²) in [6.45, 7) is 4.45. The number of piperidine rings is 1. The lowest BCUT2D eigenvalue weighted by atomic mass is 9.97. The Kier molecular flexibility index (Phi) is 8.22. The molecule has 1 aliphatic heterocycles. The average molecular weight is 410 g/mol. The molecule has 1 aromatic heterocycles. The van der Waals surface area contributed by atoms with Crippen LogP contribution in [0.4, 0.5) is 0 Å². The van der Waals surface area contributed by atoms with Crippen molar-refractivity contribution < 1.29 is 23.9 Å². The molecule has 154 valence electrons. The molecule has 0 aromatic carbocycles. The predicted octanol–water partition coefficient (Wildman–Crippen LogP) is 1.70. The summed E-state index contributed by atoms with van der Waals surface area (Å²) in [4.78, 5) is 46.2. The SMILES string of the molecule is COC(=O)C1CCN(C(=O)COC(=O)CCc2c(C)nc(SC)nc2C)CC1. The van der Waals surface area contributed by atoms with E-state index in [0.717, 1.165) is 17.0 Å². The van der Waals surface area contributed by atoms with E-state index in [1.54, 1.807) is 4.90 Å². The summed E-state index contributed by atoms with van der Waals surface area (Å²) < 4.78 is 9.87. The van der Waals surface area contributed by atoms with Gasteiger partial charge in [0, 0.05) is 30.9 Å². The second-order valence-electron chi connectivity index (χ2n) is 6.70. The van der Waals surface area contributed by atoms with E-state index in [1.807, 2.05) is 20.1 Å². The van der Waals surface area contributed by atoms with Crippen molar-refractivity contribution in [1.82, 2.24) is 14.9 Å². The van der Waals surface area contributed by atoms with Crippen LogP contribution in [0, 0.1) is 19.8 Å². The lowest BCUT2D eigenvalue weighted by Crippen LogP contribution is -2.42. The molecule has 0 radical (unpaired) electrons. The van der Waals surface area contributed by atoms with E-state index in [-0.39, 0.29) is 30.8 Å². The highest BCUT2D eigenvalue weighted by Gasteiger charge is 2.28. The molecule has 1 fully saturated rings. The molecule has 1 aliphatic rings. The minimum absolute atomic E-state index is 0.164. The maximum Gasteiger partial charge on any atom is 0.308 e. The van der Waals surface area contributed by atoms with Crippen LogP contribution in [0.25, 0.3) is 0 Å².